The number of aromatic hydroxyl groups is 1. The summed E-state index contributed by atoms with van der Waals surface area (Å²) in [5, 5.41) is 26.5. The lowest BCUT2D eigenvalue weighted by Gasteiger charge is -2.02. The second kappa shape index (κ2) is 3.62. The van der Waals surface area contributed by atoms with Crippen LogP contribution in [0.5, 0.6) is 5.75 Å². The van der Waals surface area contributed by atoms with E-state index in [1.807, 2.05) is 22.6 Å². The van der Waals surface area contributed by atoms with Crippen molar-refractivity contribution in [1.29, 1.82) is 5.26 Å². The number of aromatic carboxylic acids is 1. The topological polar surface area (TPSA) is 81.3 Å². The molecular formula is C8H4INO3. The van der Waals surface area contributed by atoms with Gasteiger partial charge in [-0.25, -0.2) is 4.79 Å². The van der Waals surface area contributed by atoms with Gasteiger partial charge in [-0.15, -0.1) is 0 Å². The van der Waals surface area contributed by atoms with E-state index in [1.165, 1.54) is 12.1 Å². The van der Waals surface area contributed by atoms with E-state index in [2.05, 4.69) is 0 Å². The number of carboxylic acid groups (broad SMARTS) is 1. The molecule has 0 aliphatic heterocycles. The molecule has 0 aliphatic rings. The summed E-state index contributed by atoms with van der Waals surface area (Å²) >= 11 is 1.85. The Morgan fingerprint density at radius 1 is 1.54 bits per heavy atom. The van der Waals surface area contributed by atoms with Gasteiger partial charge in [-0.1, -0.05) is 0 Å². The van der Waals surface area contributed by atoms with Gasteiger partial charge in [0, 0.05) is 3.57 Å². The molecule has 2 N–H and O–H groups in total. The van der Waals surface area contributed by atoms with Gasteiger partial charge in [0.15, 0.2) is 0 Å². The minimum Gasteiger partial charge on any atom is -0.506 e. The number of phenols is 1. The summed E-state index contributed by atoms with van der Waals surface area (Å²) in [7, 11) is 0. The Kier molecular flexibility index (Phi) is 2.72. The molecular weight excluding hydrogens is 285 g/mol. The first-order valence-electron chi connectivity index (χ1n) is 3.22. The SMILES string of the molecule is N#Cc1c(I)ccc(C(=O)O)c1O. The van der Waals surface area contributed by atoms with Gasteiger partial charge < -0.3 is 10.2 Å². The maximum atomic E-state index is 10.5. The lowest BCUT2D eigenvalue weighted by atomic mass is 10.1. The molecule has 5 heteroatoms. The highest BCUT2D eigenvalue weighted by atomic mass is 127. The third-order valence-electron chi connectivity index (χ3n) is 1.47. The van der Waals surface area contributed by atoms with E-state index < -0.39 is 11.7 Å². The molecule has 0 unspecified atom stereocenters. The summed E-state index contributed by atoms with van der Waals surface area (Å²) in [4.78, 5) is 10.5. The van der Waals surface area contributed by atoms with E-state index in [0.29, 0.717) is 3.57 Å². The summed E-state index contributed by atoms with van der Waals surface area (Å²) in [6.45, 7) is 0. The smallest absolute Gasteiger partial charge is 0.339 e. The van der Waals surface area contributed by atoms with Crippen molar-refractivity contribution >= 4 is 28.6 Å². The lowest BCUT2D eigenvalue weighted by Crippen LogP contribution is -1.98. The van der Waals surface area contributed by atoms with Gasteiger partial charge >= 0.3 is 5.97 Å². The summed E-state index contributed by atoms with van der Waals surface area (Å²) in [6.07, 6.45) is 0. The van der Waals surface area contributed by atoms with Crippen LogP contribution in [0.1, 0.15) is 15.9 Å². The number of halogens is 1. The first-order valence-corrected chi connectivity index (χ1v) is 4.30. The summed E-state index contributed by atoms with van der Waals surface area (Å²) in [6, 6.07) is 4.48. The van der Waals surface area contributed by atoms with E-state index >= 15 is 0 Å². The molecule has 0 saturated carbocycles. The van der Waals surface area contributed by atoms with E-state index in [0.717, 1.165) is 0 Å². The number of rotatable bonds is 1. The van der Waals surface area contributed by atoms with E-state index in [9.17, 15) is 9.90 Å². The van der Waals surface area contributed by atoms with Crippen LogP contribution < -0.4 is 0 Å². The number of carboxylic acids is 1. The van der Waals surface area contributed by atoms with Crippen molar-refractivity contribution in [3.05, 3.63) is 26.8 Å². The Balaban J connectivity index is 3.47. The lowest BCUT2D eigenvalue weighted by molar-refractivity contribution is 0.0693. The number of hydrogen-bond acceptors (Lipinski definition) is 3. The van der Waals surface area contributed by atoms with Crippen LogP contribution in [-0.4, -0.2) is 16.2 Å². The Bertz CT molecular complexity index is 409. The average molecular weight is 289 g/mol. The Morgan fingerprint density at radius 2 is 2.15 bits per heavy atom. The fraction of sp³-hybridized carbons (Fsp3) is 0. The zero-order valence-electron chi connectivity index (χ0n) is 6.28. The van der Waals surface area contributed by atoms with Crippen molar-refractivity contribution in [1.82, 2.24) is 0 Å². The fourth-order valence-electron chi connectivity index (χ4n) is 0.845. The number of carbonyl (C=O) groups is 1. The van der Waals surface area contributed by atoms with Crippen LogP contribution in [0.25, 0.3) is 0 Å². The van der Waals surface area contributed by atoms with Crippen LogP contribution in [0.2, 0.25) is 0 Å². The summed E-state index contributed by atoms with van der Waals surface area (Å²) in [5.41, 5.74) is -0.252. The van der Waals surface area contributed by atoms with Gasteiger partial charge in [0.05, 0.1) is 0 Å². The quantitative estimate of drug-likeness (QED) is 0.769. The third kappa shape index (κ3) is 1.72. The standard InChI is InChI=1S/C8H4INO3/c9-6-2-1-4(8(12)13)7(11)5(6)3-10/h1-2,11H,(H,12,13). The van der Waals surface area contributed by atoms with Crippen molar-refractivity contribution < 1.29 is 15.0 Å². The maximum absolute atomic E-state index is 10.5. The van der Waals surface area contributed by atoms with Crippen LogP contribution in [-0.2, 0) is 0 Å². The summed E-state index contributed by atoms with van der Waals surface area (Å²) < 4.78 is 0.530. The largest absolute Gasteiger partial charge is 0.506 e. The molecule has 0 radical (unpaired) electrons. The number of nitrogens with zero attached hydrogens (tertiary/aromatic N) is 1. The highest BCUT2D eigenvalue weighted by molar-refractivity contribution is 14.1. The van der Waals surface area contributed by atoms with Gasteiger partial charge in [-0.2, -0.15) is 5.26 Å². The van der Waals surface area contributed by atoms with E-state index in [4.69, 9.17) is 10.4 Å². The normalized spacial score (nSPS) is 9.23. The molecule has 0 aromatic heterocycles. The number of benzene rings is 1. The molecule has 1 rings (SSSR count). The minimum absolute atomic E-state index is 0.000463. The van der Waals surface area contributed by atoms with Crippen LogP contribution in [0.15, 0.2) is 12.1 Å². The second-order valence-electron chi connectivity index (χ2n) is 2.24. The van der Waals surface area contributed by atoms with Crippen molar-refractivity contribution in [2.45, 2.75) is 0 Å². The second-order valence-corrected chi connectivity index (χ2v) is 3.40. The molecule has 0 atom stereocenters. The van der Waals surface area contributed by atoms with E-state index in [-0.39, 0.29) is 11.1 Å². The van der Waals surface area contributed by atoms with Gasteiger partial charge in [0.25, 0.3) is 0 Å². The maximum Gasteiger partial charge on any atom is 0.339 e. The molecule has 0 spiro atoms. The molecule has 13 heavy (non-hydrogen) atoms. The molecule has 66 valence electrons. The predicted molar refractivity (Wildman–Crippen MR) is 52.5 cm³/mol. The Labute approximate surface area is 87.6 Å². The Morgan fingerprint density at radius 3 is 2.62 bits per heavy atom. The predicted octanol–water partition coefficient (Wildman–Crippen LogP) is 1.57. The van der Waals surface area contributed by atoms with Gasteiger partial charge in [-0.05, 0) is 34.7 Å². The van der Waals surface area contributed by atoms with Crippen molar-refractivity contribution in [2.75, 3.05) is 0 Å². The van der Waals surface area contributed by atoms with Crippen molar-refractivity contribution in [3.63, 3.8) is 0 Å². The summed E-state index contributed by atoms with van der Waals surface area (Å²) in [5.74, 6) is -1.72. The first kappa shape index (κ1) is 9.80. The van der Waals surface area contributed by atoms with Crippen LogP contribution in [0.4, 0.5) is 0 Å². The van der Waals surface area contributed by atoms with E-state index in [1.54, 1.807) is 6.07 Å². The third-order valence-corrected chi connectivity index (χ3v) is 2.37. The highest BCUT2D eigenvalue weighted by Crippen LogP contribution is 2.26. The van der Waals surface area contributed by atoms with Crippen molar-refractivity contribution in [3.8, 4) is 11.8 Å². The zero-order valence-corrected chi connectivity index (χ0v) is 8.44. The molecule has 0 heterocycles. The molecule has 1 aromatic rings. The minimum atomic E-state index is -1.24. The van der Waals surface area contributed by atoms with Gasteiger partial charge in [-0.3, -0.25) is 0 Å². The highest BCUT2D eigenvalue weighted by Gasteiger charge is 2.15. The Hall–Kier alpha value is -1.29. The van der Waals surface area contributed by atoms with Crippen molar-refractivity contribution in [2.24, 2.45) is 0 Å². The number of hydrogen-bond donors (Lipinski definition) is 2. The monoisotopic (exact) mass is 289 g/mol. The van der Waals surface area contributed by atoms with Gasteiger partial charge in [0.1, 0.15) is 22.9 Å². The van der Waals surface area contributed by atoms with Gasteiger partial charge in [0.2, 0.25) is 0 Å². The molecule has 0 bridgehead atoms. The van der Waals surface area contributed by atoms with Crippen LogP contribution >= 0.6 is 22.6 Å². The molecule has 0 amide bonds. The van der Waals surface area contributed by atoms with Crippen LogP contribution in [0, 0.1) is 14.9 Å². The fourth-order valence-corrected chi connectivity index (χ4v) is 1.40. The zero-order chi connectivity index (χ0) is 10.0. The molecule has 1 aromatic carbocycles. The molecule has 0 saturated heterocycles. The molecule has 0 aliphatic carbocycles. The van der Waals surface area contributed by atoms with Crippen LogP contribution in [0.3, 0.4) is 0 Å². The number of nitriles is 1. The first-order chi connectivity index (χ1) is 6.07. The molecule has 4 nitrogen and oxygen atoms in total. The molecule has 0 fully saturated rings. The average Bonchev–Trinajstić information content (AvgIpc) is 2.04.